The maximum absolute atomic E-state index is 12.3. The Kier molecular flexibility index (Phi) is 4.41. The minimum atomic E-state index is -3.53. The van der Waals surface area contributed by atoms with Crippen LogP contribution in [0.4, 0.5) is 5.69 Å². The van der Waals surface area contributed by atoms with Gasteiger partial charge in [0.1, 0.15) is 4.90 Å². The molecule has 0 bridgehead atoms. The molecule has 4 N–H and O–H groups in total. The van der Waals surface area contributed by atoms with Crippen LogP contribution in [0.3, 0.4) is 0 Å². The summed E-state index contributed by atoms with van der Waals surface area (Å²) >= 11 is 0. The number of nitrogen functional groups attached to an aromatic ring is 1. The van der Waals surface area contributed by atoms with E-state index in [1.807, 2.05) is 7.05 Å². The van der Waals surface area contributed by atoms with Crippen LogP contribution in [0.5, 0.6) is 0 Å². The Bertz CT molecular complexity index is 524. The fourth-order valence-corrected chi connectivity index (χ4v) is 3.71. The lowest BCUT2D eigenvalue weighted by atomic mass is 10.1. The van der Waals surface area contributed by atoms with E-state index in [-0.39, 0.29) is 10.9 Å². The highest BCUT2D eigenvalue weighted by Gasteiger charge is 2.24. The lowest BCUT2D eigenvalue weighted by Crippen LogP contribution is -2.43. The zero-order valence-corrected chi connectivity index (χ0v) is 11.8. The Balaban J connectivity index is 2.14. The van der Waals surface area contributed by atoms with E-state index < -0.39 is 10.0 Å². The van der Waals surface area contributed by atoms with Gasteiger partial charge < -0.3 is 10.3 Å². The third-order valence-electron chi connectivity index (χ3n) is 3.37. The molecule has 1 aromatic rings. The number of piperidine rings is 1. The van der Waals surface area contributed by atoms with Crippen LogP contribution >= 0.6 is 0 Å². The first-order chi connectivity index (χ1) is 9.03. The van der Waals surface area contributed by atoms with Crippen LogP contribution in [-0.4, -0.2) is 39.5 Å². The molecule has 1 aliphatic rings. The summed E-state index contributed by atoms with van der Waals surface area (Å²) in [6.07, 6.45) is 1.65. The molecule has 1 aliphatic heterocycles. The molecule has 1 aromatic carbocycles. The molecule has 6 nitrogen and oxygen atoms in total. The molecule has 19 heavy (non-hydrogen) atoms. The summed E-state index contributed by atoms with van der Waals surface area (Å²) < 4.78 is 27.4. The molecule has 1 heterocycles. The maximum atomic E-state index is 12.3. The quantitative estimate of drug-likeness (QED) is 0.548. The topological polar surface area (TPSA) is 87.5 Å². The summed E-state index contributed by atoms with van der Waals surface area (Å²) in [6, 6.07) is 6.61. The molecule has 7 heteroatoms. The van der Waals surface area contributed by atoms with E-state index in [9.17, 15) is 8.42 Å². The normalized spacial score (nSPS) is 18.4. The number of nitrogens with two attached hydrogens (primary N) is 1. The number of nitrogens with one attached hydrogen (secondary N) is 2. The van der Waals surface area contributed by atoms with E-state index in [1.165, 1.54) is 0 Å². The number of anilines is 1. The molecule has 0 amide bonds. The molecule has 2 rings (SSSR count). The van der Waals surface area contributed by atoms with Crippen LogP contribution in [0, 0.1) is 0 Å². The second-order valence-corrected chi connectivity index (χ2v) is 6.52. The average molecular weight is 284 g/mol. The second kappa shape index (κ2) is 5.87. The van der Waals surface area contributed by atoms with E-state index in [0.29, 0.717) is 5.69 Å². The van der Waals surface area contributed by atoms with E-state index in [4.69, 9.17) is 5.84 Å². The van der Waals surface area contributed by atoms with Gasteiger partial charge in [0.15, 0.2) is 0 Å². The standard InChI is InChI=1S/C12H20N4O2S/c1-16-8-6-10(7-9-16)15-19(17,18)12-5-3-2-4-11(12)14-13/h2-5,10,14-15H,6-9,13H2,1H3. The van der Waals surface area contributed by atoms with Crippen molar-refractivity contribution in [1.29, 1.82) is 0 Å². The highest BCUT2D eigenvalue weighted by atomic mass is 32.2. The van der Waals surface area contributed by atoms with Gasteiger partial charge in [-0.25, -0.2) is 13.1 Å². The van der Waals surface area contributed by atoms with E-state index >= 15 is 0 Å². The summed E-state index contributed by atoms with van der Waals surface area (Å²) in [6.45, 7) is 1.81. The van der Waals surface area contributed by atoms with Crippen molar-refractivity contribution in [3.63, 3.8) is 0 Å². The van der Waals surface area contributed by atoms with Crippen LogP contribution < -0.4 is 16.0 Å². The van der Waals surface area contributed by atoms with Crippen molar-refractivity contribution in [3.05, 3.63) is 24.3 Å². The van der Waals surface area contributed by atoms with Crippen LogP contribution in [0.25, 0.3) is 0 Å². The van der Waals surface area contributed by atoms with Gasteiger partial charge in [0, 0.05) is 6.04 Å². The Hall–Kier alpha value is -1.15. The number of benzene rings is 1. The first-order valence-corrected chi connectivity index (χ1v) is 7.78. The number of hydrogen-bond acceptors (Lipinski definition) is 5. The fourth-order valence-electron chi connectivity index (χ4n) is 2.23. The number of hydrazine groups is 1. The van der Waals surface area contributed by atoms with Crippen LogP contribution in [0.2, 0.25) is 0 Å². The van der Waals surface area contributed by atoms with E-state index in [2.05, 4.69) is 15.0 Å². The second-order valence-electron chi connectivity index (χ2n) is 4.84. The van der Waals surface area contributed by atoms with E-state index in [0.717, 1.165) is 25.9 Å². The molecule has 0 radical (unpaired) electrons. The monoisotopic (exact) mass is 284 g/mol. The Labute approximate surface area is 114 Å². The number of hydrogen-bond donors (Lipinski definition) is 3. The maximum Gasteiger partial charge on any atom is 0.242 e. The molecule has 0 unspecified atom stereocenters. The molecule has 0 saturated carbocycles. The smallest absolute Gasteiger partial charge is 0.242 e. The SMILES string of the molecule is CN1CCC(NS(=O)(=O)c2ccccc2NN)CC1. The fraction of sp³-hybridized carbons (Fsp3) is 0.500. The summed E-state index contributed by atoms with van der Waals surface area (Å²) in [5.41, 5.74) is 2.82. The van der Waals surface area contributed by atoms with Crippen LogP contribution in [0.1, 0.15) is 12.8 Å². The first-order valence-electron chi connectivity index (χ1n) is 6.29. The number of likely N-dealkylation sites (tertiary alicyclic amines) is 1. The number of sulfonamides is 1. The largest absolute Gasteiger partial charge is 0.323 e. The molecular formula is C12H20N4O2S. The number of rotatable bonds is 4. The average Bonchev–Trinajstić information content (AvgIpc) is 2.41. The zero-order valence-electron chi connectivity index (χ0n) is 11.0. The highest BCUT2D eigenvalue weighted by Crippen LogP contribution is 2.21. The van der Waals surface area contributed by atoms with Crippen molar-refractivity contribution in [1.82, 2.24) is 9.62 Å². The van der Waals surface area contributed by atoms with Gasteiger partial charge >= 0.3 is 0 Å². The highest BCUT2D eigenvalue weighted by molar-refractivity contribution is 7.89. The zero-order chi connectivity index (χ0) is 13.9. The first kappa shape index (κ1) is 14.3. The molecule has 1 fully saturated rings. The Morgan fingerprint density at radius 1 is 1.26 bits per heavy atom. The third kappa shape index (κ3) is 3.44. The van der Waals surface area contributed by atoms with Gasteiger partial charge in [-0.1, -0.05) is 12.1 Å². The van der Waals surface area contributed by atoms with Crippen LogP contribution in [0.15, 0.2) is 29.2 Å². The molecule has 0 spiro atoms. The van der Waals surface area contributed by atoms with Crippen molar-refractivity contribution in [2.45, 2.75) is 23.8 Å². The molecule has 1 saturated heterocycles. The minimum absolute atomic E-state index is 0.00738. The predicted octanol–water partition coefficient (Wildman–Crippen LogP) is 0.345. The molecule has 0 aliphatic carbocycles. The Morgan fingerprint density at radius 3 is 2.53 bits per heavy atom. The van der Waals surface area contributed by atoms with Gasteiger partial charge in [0.25, 0.3) is 0 Å². The van der Waals surface area contributed by atoms with E-state index in [1.54, 1.807) is 24.3 Å². The van der Waals surface area contributed by atoms with Crippen molar-refractivity contribution in [2.75, 3.05) is 25.6 Å². The Morgan fingerprint density at radius 2 is 1.89 bits per heavy atom. The van der Waals surface area contributed by atoms with Gasteiger partial charge in [-0.05, 0) is 45.1 Å². The molecular weight excluding hydrogens is 264 g/mol. The summed E-state index contributed by atoms with van der Waals surface area (Å²) in [7, 11) is -1.49. The minimum Gasteiger partial charge on any atom is -0.323 e. The van der Waals surface area contributed by atoms with Gasteiger partial charge in [-0.15, -0.1) is 0 Å². The van der Waals surface area contributed by atoms with Gasteiger partial charge in [-0.2, -0.15) is 0 Å². The van der Waals surface area contributed by atoms with Crippen molar-refractivity contribution in [3.8, 4) is 0 Å². The van der Waals surface area contributed by atoms with Crippen molar-refractivity contribution >= 4 is 15.7 Å². The van der Waals surface area contributed by atoms with Crippen LogP contribution in [-0.2, 0) is 10.0 Å². The molecule has 0 atom stereocenters. The van der Waals surface area contributed by atoms with Gasteiger partial charge in [0.05, 0.1) is 5.69 Å². The molecule has 0 aromatic heterocycles. The number of para-hydroxylation sites is 1. The molecule has 106 valence electrons. The van der Waals surface area contributed by atoms with Crippen molar-refractivity contribution in [2.24, 2.45) is 5.84 Å². The summed E-state index contributed by atoms with van der Waals surface area (Å²) in [4.78, 5) is 2.39. The summed E-state index contributed by atoms with van der Waals surface area (Å²) in [5.74, 6) is 5.35. The van der Waals surface area contributed by atoms with Gasteiger partial charge in [-0.3, -0.25) is 5.84 Å². The predicted molar refractivity (Wildman–Crippen MR) is 75.1 cm³/mol. The lowest BCUT2D eigenvalue weighted by Gasteiger charge is -2.29. The lowest BCUT2D eigenvalue weighted by molar-refractivity contribution is 0.248. The third-order valence-corrected chi connectivity index (χ3v) is 4.95. The van der Waals surface area contributed by atoms with Crippen molar-refractivity contribution < 1.29 is 8.42 Å². The number of nitrogens with zero attached hydrogens (tertiary/aromatic N) is 1. The summed E-state index contributed by atoms with van der Waals surface area (Å²) in [5, 5.41) is 0. The van der Waals surface area contributed by atoms with Gasteiger partial charge in [0.2, 0.25) is 10.0 Å².